The van der Waals surface area contributed by atoms with Gasteiger partial charge in [-0.1, -0.05) is 76.6 Å². The summed E-state index contributed by atoms with van der Waals surface area (Å²) in [6, 6.07) is 24.8. The molecule has 0 amide bonds. The van der Waals surface area contributed by atoms with Gasteiger partial charge in [0.1, 0.15) is 6.61 Å². The van der Waals surface area contributed by atoms with Crippen LogP contribution in [-0.4, -0.2) is 7.11 Å². The lowest BCUT2D eigenvalue weighted by molar-refractivity contribution is 0.280. The van der Waals surface area contributed by atoms with E-state index in [0.717, 1.165) is 27.1 Å². The van der Waals surface area contributed by atoms with Crippen LogP contribution in [0.3, 0.4) is 0 Å². The monoisotopic (exact) mass is 425 g/mol. The van der Waals surface area contributed by atoms with Crippen molar-refractivity contribution in [3.63, 3.8) is 0 Å². The van der Waals surface area contributed by atoms with Crippen molar-refractivity contribution in [1.82, 2.24) is 5.32 Å². The van der Waals surface area contributed by atoms with E-state index in [4.69, 9.17) is 9.47 Å². The minimum absolute atomic E-state index is 0.234. The molecule has 0 radical (unpaired) electrons. The van der Waals surface area contributed by atoms with E-state index in [9.17, 15) is 0 Å². The zero-order valence-electron chi connectivity index (χ0n) is 15.6. The van der Waals surface area contributed by atoms with Gasteiger partial charge in [0.25, 0.3) is 0 Å². The number of halogens is 1. The number of rotatable bonds is 8. The van der Waals surface area contributed by atoms with E-state index < -0.39 is 0 Å². The van der Waals surface area contributed by atoms with Crippen LogP contribution in [0.4, 0.5) is 0 Å². The first-order chi connectivity index (χ1) is 13.2. The van der Waals surface area contributed by atoms with E-state index in [2.05, 4.69) is 70.6 Å². The number of methoxy groups -OCH3 is 1. The molecule has 3 rings (SSSR count). The quantitative estimate of drug-likeness (QED) is 0.488. The summed E-state index contributed by atoms with van der Waals surface area (Å²) in [5.74, 6) is 1.50. The average molecular weight is 426 g/mol. The molecule has 3 nitrogen and oxygen atoms in total. The molecule has 0 aliphatic rings. The number of hydrogen-bond donors (Lipinski definition) is 1. The molecule has 140 valence electrons. The summed E-state index contributed by atoms with van der Waals surface area (Å²) in [7, 11) is 1.67. The molecular formula is C23H24BrNO2. The molecule has 0 aliphatic carbocycles. The maximum absolute atomic E-state index is 6.15. The number of benzene rings is 3. The van der Waals surface area contributed by atoms with Crippen LogP contribution in [0.25, 0.3) is 0 Å². The summed E-state index contributed by atoms with van der Waals surface area (Å²) in [5.41, 5.74) is 3.44. The molecule has 1 N–H and O–H groups in total. The van der Waals surface area contributed by atoms with Gasteiger partial charge in [-0.05, 0) is 30.2 Å². The van der Waals surface area contributed by atoms with E-state index >= 15 is 0 Å². The van der Waals surface area contributed by atoms with Gasteiger partial charge in [0.2, 0.25) is 0 Å². The highest BCUT2D eigenvalue weighted by Crippen LogP contribution is 2.35. The number of hydrogen-bond acceptors (Lipinski definition) is 3. The van der Waals surface area contributed by atoms with Crippen molar-refractivity contribution in [2.75, 3.05) is 7.11 Å². The lowest BCUT2D eigenvalue weighted by Crippen LogP contribution is -2.18. The minimum Gasteiger partial charge on any atom is -0.493 e. The topological polar surface area (TPSA) is 30.5 Å². The molecule has 3 aromatic carbocycles. The molecule has 4 heteroatoms. The third kappa shape index (κ3) is 5.34. The molecule has 3 aromatic rings. The van der Waals surface area contributed by atoms with E-state index in [0.29, 0.717) is 13.2 Å². The second-order valence-electron chi connectivity index (χ2n) is 6.38. The molecule has 0 unspecified atom stereocenters. The van der Waals surface area contributed by atoms with Crippen LogP contribution in [0.1, 0.15) is 29.7 Å². The van der Waals surface area contributed by atoms with Gasteiger partial charge in [-0.15, -0.1) is 0 Å². The van der Waals surface area contributed by atoms with Crippen molar-refractivity contribution in [3.05, 3.63) is 94.0 Å². The van der Waals surface area contributed by atoms with Gasteiger partial charge in [0.05, 0.1) is 7.11 Å². The number of nitrogens with one attached hydrogen (secondary N) is 1. The highest BCUT2D eigenvalue weighted by molar-refractivity contribution is 9.10. The molecule has 0 saturated heterocycles. The molecule has 27 heavy (non-hydrogen) atoms. The Balaban J connectivity index is 1.77. The van der Waals surface area contributed by atoms with Gasteiger partial charge in [-0.3, -0.25) is 0 Å². The zero-order chi connectivity index (χ0) is 19.1. The Hall–Kier alpha value is -2.30. The normalized spacial score (nSPS) is 11.8. The Morgan fingerprint density at radius 2 is 1.63 bits per heavy atom. The van der Waals surface area contributed by atoms with Crippen molar-refractivity contribution >= 4 is 15.9 Å². The highest BCUT2D eigenvalue weighted by atomic mass is 79.9. The van der Waals surface area contributed by atoms with E-state index in [-0.39, 0.29) is 6.04 Å². The number of ether oxygens (including phenoxy) is 2. The Kier molecular flexibility index (Phi) is 6.91. The summed E-state index contributed by atoms with van der Waals surface area (Å²) < 4.78 is 12.7. The highest BCUT2D eigenvalue weighted by Gasteiger charge is 2.14. The Morgan fingerprint density at radius 3 is 2.30 bits per heavy atom. The molecule has 0 heterocycles. The summed E-state index contributed by atoms with van der Waals surface area (Å²) in [6.07, 6.45) is 0. The van der Waals surface area contributed by atoms with Crippen molar-refractivity contribution in [2.45, 2.75) is 26.1 Å². The maximum Gasteiger partial charge on any atom is 0.166 e. The van der Waals surface area contributed by atoms with Crippen LogP contribution >= 0.6 is 15.9 Å². The first-order valence-corrected chi connectivity index (χ1v) is 9.78. The molecule has 0 aromatic heterocycles. The smallest absolute Gasteiger partial charge is 0.166 e. The van der Waals surface area contributed by atoms with Gasteiger partial charge < -0.3 is 14.8 Å². The van der Waals surface area contributed by atoms with Gasteiger partial charge in [-0.2, -0.15) is 0 Å². The Labute approximate surface area is 169 Å². The fourth-order valence-electron chi connectivity index (χ4n) is 2.92. The third-order valence-corrected chi connectivity index (χ3v) is 4.90. The third-order valence-electron chi connectivity index (χ3n) is 4.44. The van der Waals surface area contributed by atoms with E-state index in [1.54, 1.807) is 7.11 Å². The van der Waals surface area contributed by atoms with Crippen molar-refractivity contribution in [3.8, 4) is 11.5 Å². The molecule has 0 fully saturated rings. The van der Waals surface area contributed by atoms with Crippen LogP contribution in [0, 0.1) is 0 Å². The summed E-state index contributed by atoms with van der Waals surface area (Å²) in [6.45, 7) is 3.34. The van der Waals surface area contributed by atoms with Crippen LogP contribution in [-0.2, 0) is 13.2 Å². The Morgan fingerprint density at radius 1 is 0.963 bits per heavy atom. The lowest BCUT2D eigenvalue weighted by Gasteiger charge is -2.19. The standard InChI is InChI=1S/C23H24BrNO2/c1-17(19-11-7-4-8-12-19)25-15-20-13-21(24)14-22(26-2)23(20)27-16-18-9-5-3-6-10-18/h3-14,17,25H,15-16H2,1-2H3/t17-/m1/s1. The predicted molar refractivity (Wildman–Crippen MR) is 113 cm³/mol. The van der Waals surface area contributed by atoms with Crippen LogP contribution in [0.15, 0.2) is 77.3 Å². The van der Waals surface area contributed by atoms with Crippen molar-refractivity contribution in [1.29, 1.82) is 0 Å². The van der Waals surface area contributed by atoms with E-state index in [1.165, 1.54) is 5.56 Å². The van der Waals surface area contributed by atoms with E-state index in [1.807, 2.05) is 30.3 Å². The second-order valence-corrected chi connectivity index (χ2v) is 7.30. The molecule has 0 spiro atoms. The van der Waals surface area contributed by atoms with Gasteiger partial charge in [-0.25, -0.2) is 0 Å². The van der Waals surface area contributed by atoms with Crippen molar-refractivity contribution in [2.24, 2.45) is 0 Å². The fourth-order valence-corrected chi connectivity index (χ4v) is 3.41. The molecule has 1 atom stereocenters. The second kappa shape index (κ2) is 9.58. The Bertz CT molecular complexity index is 853. The average Bonchev–Trinajstić information content (AvgIpc) is 2.72. The van der Waals surface area contributed by atoms with Gasteiger partial charge >= 0.3 is 0 Å². The first kappa shape index (κ1) is 19.5. The summed E-state index contributed by atoms with van der Waals surface area (Å²) in [5, 5.41) is 3.58. The molecule has 0 aliphatic heterocycles. The fraction of sp³-hybridized carbons (Fsp3) is 0.217. The largest absolute Gasteiger partial charge is 0.493 e. The molecular weight excluding hydrogens is 402 g/mol. The minimum atomic E-state index is 0.234. The molecule has 0 saturated carbocycles. The summed E-state index contributed by atoms with van der Waals surface area (Å²) in [4.78, 5) is 0. The maximum atomic E-state index is 6.15. The van der Waals surface area contributed by atoms with Crippen LogP contribution < -0.4 is 14.8 Å². The molecule has 0 bridgehead atoms. The summed E-state index contributed by atoms with van der Waals surface area (Å²) >= 11 is 3.57. The van der Waals surface area contributed by atoms with Crippen LogP contribution in [0.5, 0.6) is 11.5 Å². The van der Waals surface area contributed by atoms with Gasteiger partial charge in [0, 0.05) is 22.6 Å². The SMILES string of the molecule is COc1cc(Br)cc(CN[C@H](C)c2ccccc2)c1OCc1ccccc1. The lowest BCUT2D eigenvalue weighted by atomic mass is 10.1. The van der Waals surface area contributed by atoms with Crippen molar-refractivity contribution < 1.29 is 9.47 Å². The predicted octanol–water partition coefficient (Wildman–Crippen LogP) is 5.89. The van der Waals surface area contributed by atoms with Gasteiger partial charge in [0.15, 0.2) is 11.5 Å². The van der Waals surface area contributed by atoms with Crippen LogP contribution in [0.2, 0.25) is 0 Å². The first-order valence-electron chi connectivity index (χ1n) is 8.99. The zero-order valence-corrected chi connectivity index (χ0v) is 17.2.